The molecule has 2 aliphatic rings. The minimum atomic E-state index is 0.106. The molecule has 2 atom stereocenters. The Morgan fingerprint density at radius 3 is 3.06 bits per heavy atom. The lowest BCUT2D eigenvalue weighted by Crippen LogP contribution is -2.52. The van der Waals surface area contributed by atoms with Crippen LogP contribution >= 0.6 is 11.8 Å². The third kappa shape index (κ3) is 2.92. The van der Waals surface area contributed by atoms with Crippen molar-refractivity contribution in [3.63, 3.8) is 0 Å². The molecule has 0 aliphatic carbocycles. The van der Waals surface area contributed by atoms with Crippen molar-refractivity contribution in [2.45, 2.75) is 43.9 Å². The predicted octanol–water partition coefficient (Wildman–Crippen LogP) is 1.48. The van der Waals surface area contributed by atoms with Crippen molar-refractivity contribution in [1.29, 1.82) is 0 Å². The molecule has 0 saturated carbocycles. The van der Waals surface area contributed by atoms with Crippen LogP contribution in [0.25, 0.3) is 0 Å². The molecular weight excluding hydrogens is 220 g/mol. The van der Waals surface area contributed by atoms with Crippen molar-refractivity contribution in [3.05, 3.63) is 0 Å². The van der Waals surface area contributed by atoms with E-state index in [2.05, 4.69) is 17.1 Å². The zero-order valence-electron chi connectivity index (χ0n) is 10.1. The first-order valence-electron chi connectivity index (χ1n) is 6.45. The summed E-state index contributed by atoms with van der Waals surface area (Å²) in [7, 11) is 0. The SMILES string of the molecule is CCC1CN(C(=O)C2CCCCN2)CCS1. The Balaban J connectivity index is 1.87. The summed E-state index contributed by atoms with van der Waals surface area (Å²) in [6.45, 7) is 5.12. The van der Waals surface area contributed by atoms with Gasteiger partial charge in [0.1, 0.15) is 0 Å². The third-order valence-corrected chi connectivity index (χ3v) is 4.89. The summed E-state index contributed by atoms with van der Waals surface area (Å²) in [5.74, 6) is 1.45. The largest absolute Gasteiger partial charge is 0.339 e. The highest BCUT2D eigenvalue weighted by atomic mass is 32.2. The van der Waals surface area contributed by atoms with Crippen LogP contribution in [-0.2, 0) is 4.79 Å². The van der Waals surface area contributed by atoms with Crippen LogP contribution in [0.3, 0.4) is 0 Å². The third-order valence-electron chi connectivity index (χ3n) is 3.51. The lowest BCUT2D eigenvalue weighted by Gasteiger charge is -2.35. The molecule has 0 bridgehead atoms. The van der Waals surface area contributed by atoms with Crippen molar-refractivity contribution in [3.8, 4) is 0 Å². The van der Waals surface area contributed by atoms with Crippen LogP contribution in [0.15, 0.2) is 0 Å². The molecule has 0 aromatic carbocycles. The van der Waals surface area contributed by atoms with E-state index >= 15 is 0 Å². The maximum Gasteiger partial charge on any atom is 0.239 e. The van der Waals surface area contributed by atoms with Gasteiger partial charge in [0, 0.05) is 24.1 Å². The maximum atomic E-state index is 12.3. The Bertz CT molecular complexity index is 241. The Hall–Kier alpha value is -0.220. The first-order valence-corrected chi connectivity index (χ1v) is 7.50. The summed E-state index contributed by atoms with van der Waals surface area (Å²) in [6.07, 6.45) is 4.62. The highest BCUT2D eigenvalue weighted by Gasteiger charge is 2.29. The molecule has 2 heterocycles. The van der Waals surface area contributed by atoms with Crippen LogP contribution in [-0.4, -0.2) is 47.5 Å². The molecular formula is C12H22N2OS. The summed E-state index contributed by atoms with van der Waals surface area (Å²) in [6, 6.07) is 0.106. The number of carbonyl (C=O) groups excluding carboxylic acids is 1. The fourth-order valence-electron chi connectivity index (χ4n) is 2.45. The zero-order chi connectivity index (χ0) is 11.4. The monoisotopic (exact) mass is 242 g/mol. The standard InChI is InChI=1S/C12H22N2OS/c1-2-10-9-14(7-8-16-10)12(15)11-5-3-4-6-13-11/h10-11,13H,2-9H2,1H3. The summed E-state index contributed by atoms with van der Waals surface area (Å²) >= 11 is 2.02. The van der Waals surface area contributed by atoms with Gasteiger partial charge < -0.3 is 10.2 Å². The van der Waals surface area contributed by atoms with Gasteiger partial charge >= 0.3 is 0 Å². The summed E-state index contributed by atoms with van der Waals surface area (Å²) in [5.41, 5.74) is 0. The first kappa shape index (κ1) is 12.2. The molecule has 0 spiro atoms. The van der Waals surface area contributed by atoms with Gasteiger partial charge in [0.15, 0.2) is 0 Å². The van der Waals surface area contributed by atoms with Crippen molar-refractivity contribution in [2.75, 3.05) is 25.4 Å². The molecule has 2 fully saturated rings. The van der Waals surface area contributed by atoms with Crippen molar-refractivity contribution < 1.29 is 4.79 Å². The minimum Gasteiger partial charge on any atom is -0.339 e. The van der Waals surface area contributed by atoms with E-state index in [1.807, 2.05) is 11.8 Å². The van der Waals surface area contributed by atoms with Gasteiger partial charge in [-0.25, -0.2) is 0 Å². The topological polar surface area (TPSA) is 32.3 Å². The second kappa shape index (κ2) is 5.92. The van der Waals surface area contributed by atoms with Gasteiger partial charge in [-0.3, -0.25) is 4.79 Å². The van der Waals surface area contributed by atoms with Crippen LogP contribution in [0, 0.1) is 0 Å². The average molecular weight is 242 g/mol. The molecule has 2 saturated heterocycles. The van der Waals surface area contributed by atoms with Crippen molar-refractivity contribution in [2.24, 2.45) is 0 Å². The number of nitrogens with zero attached hydrogens (tertiary/aromatic N) is 1. The second-order valence-electron chi connectivity index (χ2n) is 4.69. The first-order chi connectivity index (χ1) is 7.81. The molecule has 0 radical (unpaired) electrons. The van der Waals surface area contributed by atoms with Gasteiger partial charge in [0.2, 0.25) is 5.91 Å². The van der Waals surface area contributed by atoms with Crippen molar-refractivity contribution >= 4 is 17.7 Å². The molecule has 1 N–H and O–H groups in total. The van der Waals surface area contributed by atoms with Gasteiger partial charge in [0.05, 0.1) is 6.04 Å². The fraction of sp³-hybridized carbons (Fsp3) is 0.917. The highest BCUT2D eigenvalue weighted by Crippen LogP contribution is 2.22. The number of rotatable bonds is 2. The molecule has 1 amide bonds. The average Bonchev–Trinajstić information content (AvgIpc) is 2.39. The summed E-state index contributed by atoms with van der Waals surface area (Å²) in [4.78, 5) is 14.3. The number of hydrogen-bond donors (Lipinski definition) is 1. The molecule has 0 aromatic heterocycles. The van der Waals surface area contributed by atoms with Gasteiger partial charge in [-0.05, 0) is 25.8 Å². The zero-order valence-corrected chi connectivity index (χ0v) is 10.9. The van der Waals surface area contributed by atoms with Gasteiger partial charge in [-0.1, -0.05) is 13.3 Å². The Labute approximate surface area is 102 Å². The van der Waals surface area contributed by atoms with E-state index in [9.17, 15) is 4.79 Å². The highest BCUT2D eigenvalue weighted by molar-refractivity contribution is 8.00. The Kier molecular flexibility index (Phi) is 4.53. The molecule has 4 heteroatoms. The van der Waals surface area contributed by atoms with Crippen molar-refractivity contribution in [1.82, 2.24) is 10.2 Å². The lowest BCUT2D eigenvalue weighted by atomic mass is 10.0. The van der Waals surface area contributed by atoms with E-state index in [1.54, 1.807) is 0 Å². The fourth-order valence-corrected chi connectivity index (χ4v) is 3.63. The van der Waals surface area contributed by atoms with E-state index < -0.39 is 0 Å². The smallest absolute Gasteiger partial charge is 0.239 e. The maximum absolute atomic E-state index is 12.3. The number of thioether (sulfide) groups is 1. The quantitative estimate of drug-likeness (QED) is 0.796. The molecule has 0 aromatic rings. The number of carbonyl (C=O) groups is 1. The molecule has 3 nitrogen and oxygen atoms in total. The minimum absolute atomic E-state index is 0.106. The van der Waals surface area contributed by atoms with E-state index in [1.165, 1.54) is 19.3 Å². The molecule has 2 unspecified atom stereocenters. The van der Waals surface area contributed by atoms with E-state index in [-0.39, 0.29) is 6.04 Å². The van der Waals surface area contributed by atoms with Crippen LogP contribution in [0.1, 0.15) is 32.6 Å². The number of piperidine rings is 1. The number of hydrogen-bond acceptors (Lipinski definition) is 3. The van der Waals surface area contributed by atoms with Crippen LogP contribution in [0.5, 0.6) is 0 Å². The summed E-state index contributed by atoms with van der Waals surface area (Å²) < 4.78 is 0. The second-order valence-corrected chi connectivity index (χ2v) is 6.10. The Morgan fingerprint density at radius 1 is 1.50 bits per heavy atom. The molecule has 92 valence electrons. The van der Waals surface area contributed by atoms with Gasteiger partial charge in [-0.15, -0.1) is 0 Å². The van der Waals surface area contributed by atoms with Gasteiger partial charge in [-0.2, -0.15) is 11.8 Å². The lowest BCUT2D eigenvalue weighted by molar-refractivity contribution is -0.133. The summed E-state index contributed by atoms with van der Waals surface area (Å²) in [5, 5.41) is 4.00. The molecule has 2 rings (SSSR count). The van der Waals surface area contributed by atoms with Crippen LogP contribution in [0.4, 0.5) is 0 Å². The van der Waals surface area contributed by atoms with Crippen LogP contribution in [0.2, 0.25) is 0 Å². The predicted molar refractivity (Wildman–Crippen MR) is 68.8 cm³/mol. The molecule has 2 aliphatic heterocycles. The normalized spacial score (nSPS) is 31.4. The van der Waals surface area contributed by atoms with E-state index in [0.29, 0.717) is 11.2 Å². The molecule has 16 heavy (non-hydrogen) atoms. The van der Waals surface area contributed by atoms with E-state index in [4.69, 9.17) is 0 Å². The van der Waals surface area contributed by atoms with Crippen LogP contribution < -0.4 is 5.32 Å². The van der Waals surface area contributed by atoms with E-state index in [0.717, 1.165) is 31.8 Å². The van der Waals surface area contributed by atoms with Gasteiger partial charge in [0.25, 0.3) is 0 Å². The number of nitrogens with one attached hydrogen (secondary N) is 1. The number of amides is 1. The Morgan fingerprint density at radius 2 is 2.38 bits per heavy atom.